The molecule has 3 aromatic rings. The molecule has 0 unspecified atom stereocenters. The Morgan fingerprint density at radius 1 is 1.26 bits per heavy atom. The fourth-order valence-electron chi connectivity index (χ4n) is 2.92. The molecule has 31 heavy (non-hydrogen) atoms. The molecule has 1 N–H and O–H groups in total. The number of para-hydroxylation sites is 2. The van der Waals surface area contributed by atoms with Crippen molar-refractivity contribution >= 4 is 17.5 Å². The minimum absolute atomic E-state index is 0.0327. The van der Waals surface area contributed by atoms with Crippen LogP contribution >= 0.6 is 0 Å². The molecule has 0 saturated heterocycles. The van der Waals surface area contributed by atoms with E-state index in [9.17, 15) is 14.9 Å². The highest BCUT2D eigenvalue weighted by molar-refractivity contribution is 5.85. The van der Waals surface area contributed by atoms with Crippen molar-refractivity contribution in [1.82, 2.24) is 9.97 Å². The Balaban J connectivity index is 1.45. The first kappa shape index (κ1) is 21.8. The molecule has 0 spiro atoms. The van der Waals surface area contributed by atoms with Gasteiger partial charge in [0.05, 0.1) is 11.5 Å². The molecule has 0 aliphatic carbocycles. The van der Waals surface area contributed by atoms with E-state index in [0.717, 1.165) is 32.1 Å². The van der Waals surface area contributed by atoms with Crippen molar-refractivity contribution < 1.29 is 24.0 Å². The van der Waals surface area contributed by atoms with E-state index in [2.05, 4.69) is 9.97 Å². The number of carboxylic acids is 1. The number of aromatic carboxylic acids is 1. The Kier molecular flexibility index (Phi) is 7.15. The van der Waals surface area contributed by atoms with E-state index in [1.165, 1.54) is 6.07 Å². The number of oxazole rings is 1. The number of ether oxygens (including phenoxy) is 1. The van der Waals surface area contributed by atoms with E-state index < -0.39 is 10.9 Å². The number of nitro benzene ring substituents is 1. The lowest BCUT2D eigenvalue weighted by molar-refractivity contribution is -0.385. The third-order valence-electron chi connectivity index (χ3n) is 4.56. The van der Waals surface area contributed by atoms with Gasteiger partial charge >= 0.3 is 11.7 Å². The number of unbranched alkanes of at least 4 members (excludes halogenated alkanes) is 2. The summed E-state index contributed by atoms with van der Waals surface area (Å²) < 4.78 is 10.8. The Morgan fingerprint density at radius 3 is 2.81 bits per heavy atom. The number of hydrogen-bond donors (Lipinski definition) is 1. The largest absolute Gasteiger partial charge is 0.487 e. The summed E-state index contributed by atoms with van der Waals surface area (Å²) in [6, 6.07) is 9.82. The van der Waals surface area contributed by atoms with Crippen LogP contribution in [0.25, 0.3) is 11.5 Å². The number of nitrogens with zero attached hydrogens (tertiary/aromatic N) is 4. The summed E-state index contributed by atoms with van der Waals surface area (Å²) in [7, 11) is 1.91. The van der Waals surface area contributed by atoms with Crippen LogP contribution < -0.4 is 9.64 Å². The molecule has 10 heteroatoms. The molecular weight excluding hydrogens is 404 g/mol. The van der Waals surface area contributed by atoms with E-state index >= 15 is 0 Å². The molecule has 2 aromatic heterocycles. The molecule has 0 bridgehead atoms. The number of anilines is 1. The average Bonchev–Trinajstić information content (AvgIpc) is 3.27. The Labute approximate surface area is 178 Å². The third kappa shape index (κ3) is 5.78. The first-order valence-electron chi connectivity index (χ1n) is 9.68. The van der Waals surface area contributed by atoms with Crippen LogP contribution in [-0.2, 0) is 0 Å². The van der Waals surface area contributed by atoms with Crippen molar-refractivity contribution in [3.8, 4) is 17.2 Å². The monoisotopic (exact) mass is 426 g/mol. The van der Waals surface area contributed by atoms with Gasteiger partial charge in [-0.1, -0.05) is 12.1 Å². The van der Waals surface area contributed by atoms with Gasteiger partial charge in [-0.05, 0) is 37.5 Å². The second kappa shape index (κ2) is 10.2. The van der Waals surface area contributed by atoms with Gasteiger partial charge in [0.2, 0.25) is 5.89 Å². The highest BCUT2D eigenvalue weighted by Gasteiger charge is 2.14. The lowest BCUT2D eigenvalue weighted by atomic mass is 10.2. The molecule has 2 heterocycles. The van der Waals surface area contributed by atoms with Crippen LogP contribution in [0, 0.1) is 10.1 Å². The summed E-state index contributed by atoms with van der Waals surface area (Å²) >= 11 is 0. The molecule has 0 aliphatic heterocycles. The van der Waals surface area contributed by atoms with Crippen LogP contribution in [0.3, 0.4) is 0 Å². The third-order valence-corrected chi connectivity index (χ3v) is 4.56. The summed E-state index contributed by atoms with van der Waals surface area (Å²) in [4.78, 5) is 31.8. The SMILES string of the molecule is CN(CCCCCOc1ccccc1[N+](=O)[O-])c1cc(-c2nc(C(=O)O)co2)ccn1. The number of carboxylic acid groups (broad SMARTS) is 1. The zero-order chi connectivity index (χ0) is 22.2. The van der Waals surface area contributed by atoms with E-state index in [4.69, 9.17) is 14.3 Å². The smallest absolute Gasteiger partial charge is 0.357 e. The van der Waals surface area contributed by atoms with Crippen LogP contribution in [0.15, 0.2) is 53.3 Å². The van der Waals surface area contributed by atoms with Crippen LogP contribution in [0.5, 0.6) is 5.75 Å². The minimum atomic E-state index is -1.15. The highest BCUT2D eigenvalue weighted by Crippen LogP contribution is 2.26. The normalized spacial score (nSPS) is 10.6. The molecule has 0 saturated carbocycles. The number of hydrogen-bond acceptors (Lipinski definition) is 8. The Morgan fingerprint density at radius 2 is 2.06 bits per heavy atom. The van der Waals surface area contributed by atoms with E-state index in [1.807, 2.05) is 11.9 Å². The first-order chi connectivity index (χ1) is 15.0. The van der Waals surface area contributed by atoms with Gasteiger partial charge in [0.15, 0.2) is 11.4 Å². The van der Waals surface area contributed by atoms with Gasteiger partial charge in [-0.15, -0.1) is 0 Å². The van der Waals surface area contributed by atoms with E-state index in [0.29, 0.717) is 18.0 Å². The molecule has 1 aromatic carbocycles. The molecule has 3 rings (SSSR count). The molecule has 0 amide bonds. The topological polar surface area (TPSA) is 132 Å². The summed E-state index contributed by atoms with van der Waals surface area (Å²) in [6.07, 6.45) is 5.25. The minimum Gasteiger partial charge on any atom is -0.487 e. The fraction of sp³-hybridized carbons (Fsp3) is 0.286. The lowest BCUT2D eigenvalue weighted by Gasteiger charge is -2.18. The molecule has 0 radical (unpaired) electrons. The molecule has 0 aliphatic rings. The van der Waals surface area contributed by atoms with Crippen molar-refractivity contribution in [2.24, 2.45) is 0 Å². The standard InChI is InChI=1S/C21H22N4O6/c1-24(11-5-2-6-12-30-18-8-4-3-7-17(18)25(28)29)19-13-15(9-10-22-19)20-23-16(14-31-20)21(26)27/h3-4,7-10,13-14H,2,5-6,11-12H2,1H3,(H,26,27). The number of nitro groups is 1. The van der Waals surface area contributed by atoms with Crippen molar-refractivity contribution in [1.29, 1.82) is 0 Å². The van der Waals surface area contributed by atoms with Gasteiger partial charge in [0.1, 0.15) is 12.1 Å². The number of aromatic nitrogens is 2. The number of pyridine rings is 1. The molecule has 0 fully saturated rings. The van der Waals surface area contributed by atoms with Crippen molar-refractivity contribution in [3.05, 3.63) is 64.7 Å². The second-order valence-corrected chi connectivity index (χ2v) is 6.80. The molecule has 10 nitrogen and oxygen atoms in total. The molecule has 0 atom stereocenters. The summed E-state index contributed by atoms with van der Waals surface area (Å²) in [6.45, 7) is 1.15. The maximum atomic E-state index is 11.0. The lowest BCUT2D eigenvalue weighted by Crippen LogP contribution is -2.19. The number of rotatable bonds is 11. The van der Waals surface area contributed by atoms with Gasteiger partial charge in [-0.3, -0.25) is 10.1 Å². The number of benzene rings is 1. The van der Waals surface area contributed by atoms with Crippen molar-refractivity contribution in [2.45, 2.75) is 19.3 Å². The average molecular weight is 426 g/mol. The molecular formula is C21H22N4O6. The fourth-order valence-corrected chi connectivity index (χ4v) is 2.92. The summed E-state index contributed by atoms with van der Waals surface area (Å²) in [5.74, 6) is 0.0702. The summed E-state index contributed by atoms with van der Waals surface area (Å²) in [5, 5.41) is 20.0. The first-order valence-corrected chi connectivity index (χ1v) is 9.68. The zero-order valence-corrected chi connectivity index (χ0v) is 16.9. The van der Waals surface area contributed by atoms with Gasteiger partial charge in [-0.25, -0.2) is 14.8 Å². The van der Waals surface area contributed by atoms with Crippen LogP contribution in [-0.4, -0.2) is 46.2 Å². The highest BCUT2D eigenvalue weighted by atomic mass is 16.6. The Hall–Kier alpha value is -3.95. The van der Waals surface area contributed by atoms with Crippen LogP contribution in [0.1, 0.15) is 29.8 Å². The van der Waals surface area contributed by atoms with Gasteiger partial charge in [0.25, 0.3) is 0 Å². The zero-order valence-electron chi connectivity index (χ0n) is 16.9. The van der Waals surface area contributed by atoms with E-state index in [-0.39, 0.29) is 23.0 Å². The van der Waals surface area contributed by atoms with Crippen molar-refractivity contribution in [2.75, 3.05) is 25.1 Å². The molecule has 162 valence electrons. The maximum Gasteiger partial charge on any atom is 0.357 e. The quantitative estimate of drug-likeness (QED) is 0.274. The van der Waals surface area contributed by atoms with Crippen LogP contribution in [0.4, 0.5) is 11.5 Å². The van der Waals surface area contributed by atoms with Gasteiger partial charge in [-0.2, -0.15) is 0 Å². The summed E-state index contributed by atoms with van der Waals surface area (Å²) in [5.41, 5.74) is 0.460. The predicted molar refractivity (Wildman–Crippen MR) is 112 cm³/mol. The Bertz CT molecular complexity index is 1050. The van der Waals surface area contributed by atoms with E-state index in [1.54, 1.807) is 36.5 Å². The number of carbonyl (C=O) groups is 1. The van der Waals surface area contributed by atoms with Crippen LogP contribution in [0.2, 0.25) is 0 Å². The second-order valence-electron chi connectivity index (χ2n) is 6.80. The predicted octanol–water partition coefficient (Wildman–Crippen LogP) is 4.03. The van der Waals surface area contributed by atoms with Gasteiger partial charge < -0.3 is 19.2 Å². The van der Waals surface area contributed by atoms with Crippen molar-refractivity contribution in [3.63, 3.8) is 0 Å². The van der Waals surface area contributed by atoms with Gasteiger partial charge in [0, 0.05) is 31.4 Å². The maximum absolute atomic E-state index is 11.0.